The van der Waals surface area contributed by atoms with Crippen molar-refractivity contribution >= 4 is 5.91 Å². The van der Waals surface area contributed by atoms with Gasteiger partial charge < -0.3 is 11.1 Å². The number of amides is 1. The third kappa shape index (κ3) is 3.77. The van der Waals surface area contributed by atoms with Gasteiger partial charge in [-0.3, -0.25) is 4.79 Å². The molecule has 0 aromatic rings. The summed E-state index contributed by atoms with van der Waals surface area (Å²) in [5.74, 6) is 0.474. The van der Waals surface area contributed by atoms with Gasteiger partial charge in [0.05, 0.1) is 0 Å². The van der Waals surface area contributed by atoms with Crippen LogP contribution in [0.1, 0.15) is 38.5 Å². The Labute approximate surface area is 80.1 Å². The molecule has 13 heavy (non-hydrogen) atoms. The van der Waals surface area contributed by atoms with Crippen LogP contribution in [0.2, 0.25) is 0 Å². The Morgan fingerprint density at radius 2 is 1.85 bits per heavy atom. The molecule has 1 saturated carbocycles. The van der Waals surface area contributed by atoms with Crippen molar-refractivity contribution in [1.82, 2.24) is 5.32 Å². The zero-order valence-electron chi connectivity index (χ0n) is 8.22. The van der Waals surface area contributed by atoms with Crippen molar-refractivity contribution in [2.24, 2.45) is 11.7 Å². The highest BCUT2D eigenvalue weighted by molar-refractivity contribution is 5.78. The summed E-state index contributed by atoms with van der Waals surface area (Å²) in [6.45, 7) is 1.16. The van der Waals surface area contributed by atoms with Gasteiger partial charge in [-0.2, -0.15) is 0 Å². The van der Waals surface area contributed by atoms with Crippen LogP contribution in [0, 0.1) is 5.92 Å². The minimum Gasteiger partial charge on any atom is -0.355 e. The molecule has 0 unspecified atom stereocenters. The van der Waals surface area contributed by atoms with Crippen LogP contribution in [0.15, 0.2) is 0 Å². The molecule has 3 N–H and O–H groups in total. The predicted molar refractivity (Wildman–Crippen MR) is 53.3 cm³/mol. The first-order chi connectivity index (χ1) is 6.34. The smallest absolute Gasteiger partial charge is 0.223 e. The van der Waals surface area contributed by atoms with E-state index in [4.69, 9.17) is 5.73 Å². The van der Waals surface area contributed by atoms with Gasteiger partial charge in [0.25, 0.3) is 0 Å². The maximum atomic E-state index is 11.5. The second-order valence-corrected chi connectivity index (χ2v) is 3.77. The molecule has 76 valence electrons. The fourth-order valence-corrected chi connectivity index (χ4v) is 1.88. The topological polar surface area (TPSA) is 55.1 Å². The molecule has 0 saturated heterocycles. The van der Waals surface area contributed by atoms with Gasteiger partial charge in [0.1, 0.15) is 0 Å². The Morgan fingerprint density at radius 1 is 1.23 bits per heavy atom. The maximum Gasteiger partial charge on any atom is 0.223 e. The quantitative estimate of drug-likeness (QED) is 0.644. The molecule has 0 aliphatic heterocycles. The van der Waals surface area contributed by atoms with Crippen LogP contribution >= 0.6 is 0 Å². The zero-order chi connectivity index (χ0) is 9.52. The molecular weight excluding hydrogens is 164 g/mol. The minimum absolute atomic E-state index is 0.215. The lowest BCUT2D eigenvalue weighted by Gasteiger charge is -2.13. The second kappa shape index (κ2) is 5.97. The van der Waals surface area contributed by atoms with Crippen molar-refractivity contribution < 1.29 is 4.79 Å². The van der Waals surface area contributed by atoms with Crippen LogP contribution in [0.5, 0.6) is 0 Å². The third-order valence-electron chi connectivity index (χ3n) is 2.67. The van der Waals surface area contributed by atoms with Crippen LogP contribution in [-0.2, 0) is 4.79 Å². The Kier molecular flexibility index (Phi) is 4.83. The predicted octanol–water partition coefficient (Wildman–Crippen LogP) is 1.03. The number of hydrogen-bond acceptors (Lipinski definition) is 2. The molecule has 0 radical (unpaired) electrons. The Hall–Kier alpha value is -0.570. The molecule has 1 amide bonds. The number of carbonyl (C=O) groups excluding carboxylic acids is 1. The number of hydrogen-bond donors (Lipinski definition) is 2. The van der Waals surface area contributed by atoms with Crippen molar-refractivity contribution in [3.63, 3.8) is 0 Å². The SMILES string of the molecule is NCCNC(=O)C1CCCCCC1. The van der Waals surface area contributed by atoms with Gasteiger partial charge >= 0.3 is 0 Å². The van der Waals surface area contributed by atoms with Crippen molar-refractivity contribution in [3.05, 3.63) is 0 Å². The molecule has 0 bridgehead atoms. The lowest BCUT2D eigenvalue weighted by Crippen LogP contribution is -2.34. The molecule has 3 nitrogen and oxygen atoms in total. The van der Waals surface area contributed by atoms with Crippen molar-refractivity contribution in [2.45, 2.75) is 38.5 Å². The fraction of sp³-hybridized carbons (Fsp3) is 0.900. The number of nitrogens with two attached hydrogens (primary N) is 1. The molecule has 1 aliphatic rings. The van der Waals surface area contributed by atoms with E-state index in [2.05, 4.69) is 5.32 Å². The van der Waals surface area contributed by atoms with Crippen molar-refractivity contribution in [2.75, 3.05) is 13.1 Å². The van der Waals surface area contributed by atoms with E-state index < -0.39 is 0 Å². The third-order valence-corrected chi connectivity index (χ3v) is 2.67. The van der Waals surface area contributed by atoms with Crippen LogP contribution in [0.3, 0.4) is 0 Å². The van der Waals surface area contributed by atoms with Gasteiger partial charge in [0.15, 0.2) is 0 Å². The van der Waals surface area contributed by atoms with Gasteiger partial charge in [-0.25, -0.2) is 0 Å². The van der Waals surface area contributed by atoms with Crippen molar-refractivity contribution in [3.8, 4) is 0 Å². The normalized spacial score (nSPS) is 19.5. The first-order valence-electron chi connectivity index (χ1n) is 5.32. The summed E-state index contributed by atoms with van der Waals surface area (Å²) in [7, 11) is 0. The van der Waals surface area contributed by atoms with Gasteiger partial charge in [-0.15, -0.1) is 0 Å². The summed E-state index contributed by atoms with van der Waals surface area (Å²) in [5.41, 5.74) is 5.32. The minimum atomic E-state index is 0.215. The highest BCUT2D eigenvalue weighted by Crippen LogP contribution is 2.22. The number of rotatable bonds is 3. The van der Waals surface area contributed by atoms with E-state index in [0.717, 1.165) is 12.8 Å². The largest absolute Gasteiger partial charge is 0.355 e. The lowest BCUT2D eigenvalue weighted by atomic mass is 10.00. The molecule has 1 aliphatic carbocycles. The summed E-state index contributed by atoms with van der Waals surface area (Å²) in [6, 6.07) is 0. The molecule has 0 heterocycles. The molecule has 0 aromatic heterocycles. The first-order valence-corrected chi connectivity index (χ1v) is 5.32. The van der Waals surface area contributed by atoms with Gasteiger partial charge in [-0.05, 0) is 12.8 Å². The summed E-state index contributed by atoms with van der Waals surface area (Å²) in [4.78, 5) is 11.5. The Balaban J connectivity index is 2.26. The zero-order valence-corrected chi connectivity index (χ0v) is 8.22. The van der Waals surface area contributed by atoms with E-state index in [1.807, 2.05) is 0 Å². The number of nitrogens with one attached hydrogen (secondary N) is 1. The van der Waals surface area contributed by atoms with E-state index in [0.29, 0.717) is 13.1 Å². The summed E-state index contributed by atoms with van der Waals surface area (Å²) >= 11 is 0. The molecule has 1 rings (SSSR count). The maximum absolute atomic E-state index is 11.5. The molecular formula is C10H20N2O. The molecule has 0 atom stereocenters. The van der Waals surface area contributed by atoms with E-state index >= 15 is 0 Å². The van der Waals surface area contributed by atoms with Gasteiger partial charge in [-0.1, -0.05) is 25.7 Å². The van der Waals surface area contributed by atoms with Gasteiger partial charge in [0, 0.05) is 19.0 Å². The van der Waals surface area contributed by atoms with Crippen LogP contribution < -0.4 is 11.1 Å². The average molecular weight is 184 g/mol. The first kappa shape index (κ1) is 10.5. The fourth-order valence-electron chi connectivity index (χ4n) is 1.88. The van der Waals surface area contributed by atoms with E-state index in [9.17, 15) is 4.79 Å². The molecule has 0 aromatic carbocycles. The lowest BCUT2D eigenvalue weighted by molar-refractivity contribution is -0.125. The van der Waals surface area contributed by atoms with Crippen LogP contribution in [0.4, 0.5) is 0 Å². The standard InChI is InChI=1S/C10H20N2O/c11-7-8-12-10(13)9-5-3-1-2-4-6-9/h9H,1-8,11H2,(H,12,13). The van der Waals surface area contributed by atoms with E-state index in [-0.39, 0.29) is 11.8 Å². The van der Waals surface area contributed by atoms with E-state index in [1.54, 1.807) is 0 Å². The van der Waals surface area contributed by atoms with E-state index in [1.165, 1.54) is 25.7 Å². The summed E-state index contributed by atoms with van der Waals surface area (Å²) < 4.78 is 0. The molecule has 1 fully saturated rings. The van der Waals surface area contributed by atoms with Crippen LogP contribution in [-0.4, -0.2) is 19.0 Å². The monoisotopic (exact) mass is 184 g/mol. The summed E-state index contributed by atoms with van der Waals surface area (Å²) in [6.07, 6.45) is 7.13. The Morgan fingerprint density at radius 3 is 2.38 bits per heavy atom. The molecule has 0 spiro atoms. The summed E-state index contributed by atoms with van der Waals surface area (Å²) in [5, 5.41) is 2.87. The highest BCUT2D eigenvalue weighted by atomic mass is 16.1. The Bertz CT molecular complexity index is 151. The highest BCUT2D eigenvalue weighted by Gasteiger charge is 2.18. The number of carbonyl (C=O) groups is 1. The average Bonchev–Trinajstić information content (AvgIpc) is 2.42. The van der Waals surface area contributed by atoms with Crippen LogP contribution in [0.25, 0.3) is 0 Å². The molecule has 3 heteroatoms. The van der Waals surface area contributed by atoms with Crippen molar-refractivity contribution in [1.29, 1.82) is 0 Å². The second-order valence-electron chi connectivity index (χ2n) is 3.77. The van der Waals surface area contributed by atoms with Gasteiger partial charge in [0.2, 0.25) is 5.91 Å².